The summed E-state index contributed by atoms with van der Waals surface area (Å²) >= 11 is 0. The van der Waals surface area contributed by atoms with Crippen LogP contribution in [-0.4, -0.2) is 11.0 Å². The van der Waals surface area contributed by atoms with E-state index in [4.69, 9.17) is 5.73 Å². The minimum atomic E-state index is 0.252. The molecule has 1 aliphatic carbocycles. The summed E-state index contributed by atoms with van der Waals surface area (Å²) < 4.78 is 0. The lowest BCUT2D eigenvalue weighted by Crippen LogP contribution is -2.28. The van der Waals surface area contributed by atoms with Crippen molar-refractivity contribution in [1.82, 2.24) is 4.98 Å². The van der Waals surface area contributed by atoms with E-state index in [1.54, 1.807) is 0 Å². The van der Waals surface area contributed by atoms with Crippen LogP contribution in [0, 0.1) is 5.92 Å². The van der Waals surface area contributed by atoms with Gasteiger partial charge in [0.15, 0.2) is 0 Å². The summed E-state index contributed by atoms with van der Waals surface area (Å²) in [6.45, 7) is 2.20. The first-order chi connectivity index (χ1) is 8.77. The van der Waals surface area contributed by atoms with Gasteiger partial charge in [0, 0.05) is 23.9 Å². The molecule has 0 radical (unpaired) electrons. The second kappa shape index (κ2) is 6.89. The average Bonchev–Trinajstić information content (AvgIpc) is 2.46. The molecule has 0 spiro atoms. The zero-order valence-corrected chi connectivity index (χ0v) is 11.5. The summed E-state index contributed by atoms with van der Waals surface area (Å²) in [4.78, 5) is 4.41. The van der Waals surface area contributed by atoms with E-state index in [9.17, 15) is 0 Å². The molecule has 1 heterocycles. The maximum Gasteiger partial charge on any atom is 0.0447 e. The standard InChI is InChI=1S/C16H26N2/c1-13(16-9-5-6-12-18-16)15(17)11-10-14-7-3-2-4-8-14/h5-6,9,12-15H,2-4,7-8,10-11,17H2,1H3. The lowest BCUT2D eigenvalue weighted by molar-refractivity contribution is 0.317. The molecule has 1 fully saturated rings. The van der Waals surface area contributed by atoms with Gasteiger partial charge >= 0.3 is 0 Å². The van der Waals surface area contributed by atoms with Crippen LogP contribution >= 0.6 is 0 Å². The van der Waals surface area contributed by atoms with E-state index in [0.717, 1.165) is 18.0 Å². The van der Waals surface area contributed by atoms with Crippen LogP contribution in [0.1, 0.15) is 63.5 Å². The van der Waals surface area contributed by atoms with E-state index < -0.39 is 0 Å². The molecule has 0 amide bonds. The van der Waals surface area contributed by atoms with E-state index in [-0.39, 0.29) is 6.04 Å². The van der Waals surface area contributed by atoms with Gasteiger partial charge in [-0.2, -0.15) is 0 Å². The Balaban J connectivity index is 1.78. The topological polar surface area (TPSA) is 38.9 Å². The fraction of sp³-hybridized carbons (Fsp3) is 0.688. The highest BCUT2D eigenvalue weighted by molar-refractivity contribution is 5.10. The largest absolute Gasteiger partial charge is 0.327 e. The van der Waals surface area contributed by atoms with E-state index in [2.05, 4.69) is 18.0 Å². The van der Waals surface area contributed by atoms with E-state index in [0.29, 0.717) is 5.92 Å². The molecule has 1 saturated carbocycles. The molecule has 1 aliphatic rings. The quantitative estimate of drug-likeness (QED) is 0.856. The molecule has 2 rings (SSSR count). The maximum atomic E-state index is 6.33. The van der Waals surface area contributed by atoms with Crippen molar-refractivity contribution in [2.75, 3.05) is 0 Å². The first kappa shape index (κ1) is 13.5. The first-order valence-corrected chi connectivity index (χ1v) is 7.44. The minimum absolute atomic E-state index is 0.252. The molecule has 1 aromatic heterocycles. The molecule has 0 saturated heterocycles. The average molecular weight is 246 g/mol. The molecule has 2 nitrogen and oxygen atoms in total. The number of aromatic nitrogens is 1. The molecule has 2 N–H and O–H groups in total. The van der Waals surface area contributed by atoms with Crippen molar-refractivity contribution >= 4 is 0 Å². The fourth-order valence-electron chi connectivity index (χ4n) is 3.02. The smallest absolute Gasteiger partial charge is 0.0447 e. The molecule has 2 atom stereocenters. The maximum absolute atomic E-state index is 6.33. The summed E-state index contributed by atoms with van der Waals surface area (Å²) in [6, 6.07) is 6.35. The molecular formula is C16H26N2. The number of rotatable bonds is 5. The highest BCUT2D eigenvalue weighted by Crippen LogP contribution is 2.29. The molecular weight excluding hydrogens is 220 g/mol. The third-order valence-corrected chi connectivity index (χ3v) is 4.43. The van der Waals surface area contributed by atoms with Crippen LogP contribution in [0.15, 0.2) is 24.4 Å². The van der Waals surface area contributed by atoms with Crippen molar-refractivity contribution in [3.63, 3.8) is 0 Å². The van der Waals surface area contributed by atoms with Crippen molar-refractivity contribution in [3.8, 4) is 0 Å². The number of nitrogens with two attached hydrogens (primary N) is 1. The second-order valence-electron chi connectivity index (χ2n) is 5.79. The summed E-state index contributed by atoms with van der Waals surface area (Å²) in [6.07, 6.45) is 11.4. The zero-order valence-electron chi connectivity index (χ0n) is 11.5. The van der Waals surface area contributed by atoms with Crippen molar-refractivity contribution in [1.29, 1.82) is 0 Å². The van der Waals surface area contributed by atoms with Gasteiger partial charge in [-0.25, -0.2) is 0 Å². The SMILES string of the molecule is CC(c1ccccn1)C(N)CCC1CCCCC1. The van der Waals surface area contributed by atoms with Crippen molar-refractivity contribution in [2.24, 2.45) is 11.7 Å². The predicted molar refractivity (Wildman–Crippen MR) is 76.4 cm³/mol. The highest BCUT2D eigenvalue weighted by atomic mass is 14.7. The number of hydrogen-bond acceptors (Lipinski definition) is 2. The van der Waals surface area contributed by atoms with E-state index in [1.165, 1.54) is 38.5 Å². The monoisotopic (exact) mass is 246 g/mol. The highest BCUT2D eigenvalue weighted by Gasteiger charge is 2.19. The Kier molecular flexibility index (Phi) is 5.18. The molecule has 1 aromatic rings. The molecule has 100 valence electrons. The Bertz CT molecular complexity index is 330. The summed E-state index contributed by atoms with van der Waals surface area (Å²) in [5, 5.41) is 0. The van der Waals surface area contributed by atoms with Gasteiger partial charge in [0.1, 0.15) is 0 Å². The van der Waals surface area contributed by atoms with Crippen LogP contribution in [0.3, 0.4) is 0 Å². The summed E-state index contributed by atoms with van der Waals surface area (Å²) in [5.74, 6) is 1.30. The molecule has 0 aliphatic heterocycles. The Morgan fingerprint density at radius 3 is 2.72 bits per heavy atom. The van der Waals surface area contributed by atoms with Gasteiger partial charge in [-0.05, 0) is 30.9 Å². The Hall–Kier alpha value is -0.890. The van der Waals surface area contributed by atoms with Crippen LogP contribution in [-0.2, 0) is 0 Å². The van der Waals surface area contributed by atoms with Gasteiger partial charge in [0.2, 0.25) is 0 Å². The zero-order chi connectivity index (χ0) is 12.8. The third kappa shape index (κ3) is 3.81. The van der Waals surface area contributed by atoms with Crippen LogP contribution in [0.5, 0.6) is 0 Å². The molecule has 0 bridgehead atoms. The van der Waals surface area contributed by atoms with Crippen molar-refractivity contribution < 1.29 is 0 Å². The van der Waals surface area contributed by atoms with Crippen LogP contribution in [0.4, 0.5) is 0 Å². The first-order valence-electron chi connectivity index (χ1n) is 7.44. The van der Waals surface area contributed by atoms with Crippen LogP contribution in [0.25, 0.3) is 0 Å². The Morgan fingerprint density at radius 2 is 2.06 bits per heavy atom. The fourth-order valence-corrected chi connectivity index (χ4v) is 3.02. The minimum Gasteiger partial charge on any atom is -0.327 e. The Labute approximate surface area is 111 Å². The third-order valence-electron chi connectivity index (χ3n) is 4.43. The molecule has 0 aromatic carbocycles. The van der Waals surface area contributed by atoms with Crippen molar-refractivity contribution in [3.05, 3.63) is 30.1 Å². The van der Waals surface area contributed by atoms with E-state index in [1.807, 2.05) is 18.3 Å². The summed E-state index contributed by atoms with van der Waals surface area (Å²) in [5.41, 5.74) is 7.46. The normalized spacial score (nSPS) is 20.6. The van der Waals surface area contributed by atoms with Crippen LogP contribution in [0.2, 0.25) is 0 Å². The predicted octanol–water partition coefficient (Wildman–Crippen LogP) is 3.87. The second-order valence-corrected chi connectivity index (χ2v) is 5.79. The molecule has 2 unspecified atom stereocenters. The van der Waals surface area contributed by atoms with Gasteiger partial charge in [-0.15, -0.1) is 0 Å². The lowest BCUT2D eigenvalue weighted by atomic mass is 9.83. The van der Waals surface area contributed by atoms with Gasteiger partial charge in [-0.1, -0.05) is 45.1 Å². The van der Waals surface area contributed by atoms with Gasteiger partial charge < -0.3 is 5.73 Å². The lowest BCUT2D eigenvalue weighted by Gasteiger charge is -2.25. The van der Waals surface area contributed by atoms with Gasteiger partial charge in [0.25, 0.3) is 0 Å². The number of nitrogens with zero attached hydrogens (tertiary/aromatic N) is 1. The summed E-state index contributed by atoms with van der Waals surface area (Å²) in [7, 11) is 0. The Morgan fingerprint density at radius 1 is 1.28 bits per heavy atom. The van der Waals surface area contributed by atoms with Crippen molar-refractivity contribution in [2.45, 2.75) is 63.8 Å². The van der Waals surface area contributed by atoms with Gasteiger partial charge in [-0.3, -0.25) is 4.98 Å². The van der Waals surface area contributed by atoms with E-state index >= 15 is 0 Å². The van der Waals surface area contributed by atoms with Gasteiger partial charge in [0.05, 0.1) is 0 Å². The molecule has 18 heavy (non-hydrogen) atoms. The molecule has 2 heteroatoms. The number of hydrogen-bond donors (Lipinski definition) is 1. The number of pyridine rings is 1. The van der Waals surface area contributed by atoms with Crippen LogP contribution < -0.4 is 5.73 Å².